The molecule has 0 N–H and O–H groups in total. The molecule has 0 fully saturated rings. The van der Waals surface area contributed by atoms with Crippen LogP contribution in [0.3, 0.4) is 0 Å². The van der Waals surface area contributed by atoms with Gasteiger partial charge in [-0.15, -0.1) is 5.73 Å². The molecule has 0 aromatic heterocycles. The maximum Gasteiger partial charge on any atom is -0.0564 e. The predicted molar refractivity (Wildman–Crippen MR) is 35.3 cm³/mol. The zero-order chi connectivity index (χ0) is 6.12. The molecule has 0 radical (unpaired) electrons. The molecule has 0 amide bonds. The third-order valence-electron chi connectivity index (χ3n) is 0.500. The first-order valence-corrected chi connectivity index (χ1v) is 2.62. The summed E-state index contributed by atoms with van der Waals surface area (Å²) in [4.78, 5) is 0. The molecular formula is C7H14. The molecule has 7 heavy (non-hydrogen) atoms. The third-order valence-corrected chi connectivity index (χ3v) is 0.500. The van der Waals surface area contributed by atoms with Crippen LogP contribution in [0.2, 0.25) is 0 Å². The van der Waals surface area contributed by atoms with Crippen LogP contribution in [0.4, 0.5) is 0 Å². The van der Waals surface area contributed by atoms with Crippen molar-refractivity contribution in [2.45, 2.75) is 26.7 Å². The molecule has 0 saturated carbocycles. The fraction of sp³-hybridized carbons (Fsp3) is 0.571. The van der Waals surface area contributed by atoms with Crippen LogP contribution in [0.25, 0.3) is 0 Å². The molecule has 0 heteroatoms. The van der Waals surface area contributed by atoms with E-state index in [4.69, 9.17) is 0 Å². The van der Waals surface area contributed by atoms with Crippen molar-refractivity contribution >= 4 is 0 Å². The highest BCUT2D eigenvalue weighted by Crippen LogP contribution is 1.76. The molecule has 0 aromatic carbocycles. The smallest absolute Gasteiger partial charge is 0.0564 e. The quantitative estimate of drug-likeness (QED) is 0.442. The Morgan fingerprint density at radius 2 is 1.29 bits per heavy atom. The lowest BCUT2D eigenvalue weighted by atomic mass is 10.4. The van der Waals surface area contributed by atoms with Gasteiger partial charge in [-0.3, -0.25) is 0 Å². The third kappa shape index (κ3) is 253. The fourth-order valence-corrected chi connectivity index (χ4v) is 0. The van der Waals surface area contributed by atoms with Gasteiger partial charge in [-0.1, -0.05) is 39.8 Å². The molecule has 0 saturated heterocycles. The summed E-state index contributed by atoms with van der Waals surface area (Å²) < 4.78 is 0. The minimum absolute atomic E-state index is 1.32. The topological polar surface area (TPSA) is 0 Å². The summed E-state index contributed by atoms with van der Waals surface area (Å²) in [6.07, 6.45) is 2.64. The van der Waals surface area contributed by atoms with E-state index < -0.39 is 0 Å². The Balaban J connectivity index is 0. The molecule has 0 rings (SSSR count). The van der Waals surface area contributed by atoms with Gasteiger partial charge in [0.2, 0.25) is 0 Å². The SMILES string of the molecule is C=C=C.CCCC. The van der Waals surface area contributed by atoms with Crippen molar-refractivity contribution in [1.82, 2.24) is 0 Å². The maximum atomic E-state index is 3.12. The van der Waals surface area contributed by atoms with Crippen molar-refractivity contribution in [2.75, 3.05) is 0 Å². The standard InChI is InChI=1S/C4H10.C3H4/c1-3-4-2;1-3-2/h3-4H2,1-2H3;1-2H2. The van der Waals surface area contributed by atoms with Gasteiger partial charge in [-0.05, 0) is 0 Å². The summed E-state index contributed by atoms with van der Waals surface area (Å²) in [5, 5.41) is 0. The van der Waals surface area contributed by atoms with Crippen molar-refractivity contribution < 1.29 is 0 Å². The Labute approximate surface area is 46.6 Å². The van der Waals surface area contributed by atoms with E-state index in [9.17, 15) is 0 Å². The Morgan fingerprint density at radius 3 is 1.29 bits per heavy atom. The summed E-state index contributed by atoms with van der Waals surface area (Å²) in [6.45, 7) is 10.6. The monoisotopic (exact) mass is 98.1 g/mol. The highest BCUT2D eigenvalue weighted by Gasteiger charge is 1.56. The first kappa shape index (κ1) is 9.72. The molecule has 42 valence electrons. The minimum Gasteiger partial charge on any atom is -0.137 e. The van der Waals surface area contributed by atoms with Gasteiger partial charge in [0.15, 0.2) is 0 Å². The van der Waals surface area contributed by atoms with Crippen LogP contribution in [0.1, 0.15) is 26.7 Å². The number of unbranched alkanes of at least 4 members (excludes halogenated alkanes) is 1. The van der Waals surface area contributed by atoms with Gasteiger partial charge in [0.25, 0.3) is 0 Å². The minimum atomic E-state index is 1.32. The van der Waals surface area contributed by atoms with Crippen LogP contribution >= 0.6 is 0 Å². The van der Waals surface area contributed by atoms with Gasteiger partial charge in [0.05, 0.1) is 0 Å². The van der Waals surface area contributed by atoms with Crippen molar-refractivity contribution in [2.24, 2.45) is 0 Å². The largest absolute Gasteiger partial charge is 0.137 e. The van der Waals surface area contributed by atoms with E-state index in [1.807, 2.05) is 0 Å². The van der Waals surface area contributed by atoms with Crippen molar-refractivity contribution in [1.29, 1.82) is 0 Å². The maximum absolute atomic E-state index is 3.12. The van der Waals surface area contributed by atoms with E-state index in [1.165, 1.54) is 12.8 Å². The molecule has 0 unspecified atom stereocenters. The van der Waals surface area contributed by atoms with Gasteiger partial charge in [0, 0.05) is 0 Å². The lowest BCUT2D eigenvalue weighted by molar-refractivity contribution is 0.886. The molecule has 0 aromatic rings. The Bertz CT molecular complexity index is 36.0. The van der Waals surface area contributed by atoms with E-state index in [2.05, 4.69) is 32.7 Å². The van der Waals surface area contributed by atoms with Gasteiger partial charge in [-0.25, -0.2) is 0 Å². The Morgan fingerprint density at radius 1 is 1.14 bits per heavy atom. The second-order valence-electron chi connectivity index (χ2n) is 1.25. The van der Waals surface area contributed by atoms with Crippen LogP contribution in [0.15, 0.2) is 18.9 Å². The lowest BCUT2D eigenvalue weighted by Gasteiger charge is -1.68. The first-order valence-electron chi connectivity index (χ1n) is 2.62. The van der Waals surface area contributed by atoms with Gasteiger partial charge in [-0.2, -0.15) is 0 Å². The van der Waals surface area contributed by atoms with Crippen LogP contribution in [0.5, 0.6) is 0 Å². The summed E-state index contributed by atoms with van der Waals surface area (Å²) in [5.74, 6) is 0. The predicted octanol–water partition coefficient (Wildman–Crippen LogP) is 2.76. The summed E-state index contributed by atoms with van der Waals surface area (Å²) in [5.41, 5.74) is 2.25. The Hall–Kier alpha value is -0.480. The highest BCUT2D eigenvalue weighted by molar-refractivity contribution is 4.51. The fourth-order valence-electron chi connectivity index (χ4n) is 0. The number of rotatable bonds is 1. The zero-order valence-electron chi connectivity index (χ0n) is 5.33. The van der Waals surface area contributed by atoms with E-state index in [0.29, 0.717) is 0 Å². The number of hydrogen-bond donors (Lipinski definition) is 0. The molecule has 0 atom stereocenters. The zero-order valence-corrected chi connectivity index (χ0v) is 5.33. The lowest BCUT2D eigenvalue weighted by Crippen LogP contribution is -1.47. The van der Waals surface area contributed by atoms with Gasteiger partial charge in [0.1, 0.15) is 0 Å². The van der Waals surface area contributed by atoms with E-state index in [0.717, 1.165) is 0 Å². The summed E-state index contributed by atoms with van der Waals surface area (Å²) in [6, 6.07) is 0. The molecule has 0 aliphatic carbocycles. The highest BCUT2D eigenvalue weighted by atomic mass is 13.6. The van der Waals surface area contributed by atoms with E-state index in [-0.39, 0.29) is 0 Å². The van der Waals surface area contributed by atoms with Crippen molar-refractivity contribution in [3.63, 3.8) is 0 Å². The van der Waals surface area contributed by atoms with Crippen LogP contribution in [-0.4, -0.2) is 0 Å². The summed E-state index contributed by atoms with van der Waals surface area (Å²) in [7, 11) is 0. The van der Waals surface area contributed by atoms with E-state index in [1.54, 1.807) is 0 Å². The molecule has 0 spiro atoms. The molecular weight excluding hydrogens is 84.1 g/mol. The normalized spacial score (nSPS) is 5.43. The van der Waals surface area contributed by atoms with Crippen LogP contribution < -0.4 is 0 Å². The average Bonchev–Trinajstić information content (AvgIpc) is 1.69. The van der Waals surface area contributed by atoms with Crippen molar-refractivity contribution in [3.8, 4) is 0 Å². The molecule has 0 aliphatic rings. The van der Waals surface area contributed by atoms with Crippen LogP contribution in [0, 0.1) is 0 Å². The first-order chi connectivity index (χ1) is 3.33. The Kier molecular flexibility index (Phi) is 24.7. The second-order valence-corrected chi connectivity index (χ2v) is 1.25. The van der Waals surface area contributed by atoms with Crippen molar-refractivity contribution in [3.05, 3.63) is 18.9 Å². The molecule has 0 nitrogen and oxygen atoms in total. The van der Waals surface area contributed by atoms with Gasteiger partial charge >= 0.3 is 0 Å². The number of hydrogen-bond acceptors (Lipinski definition) is 0. The molecule has 0 bridgehead atoms. The van der Waals surface area contributed by atoms with E-state index >= 15 is 0 Å². The van der Waals surface area contributed by atoms with Crippen LogP contribution in [-0.2, 0) is 0 Å². The summed E-state index contributed by atoms with van der Waals surface area (Å²) >= 11 is 0. The molecule has 0 heterocycles. The second kappa shape index (κ2) is 17.8. The van der Waals surface area contributed by atoms with Gasteiger partial charge < -0.3 is 0 Å². The molecule has 0 aliphatic heterocycles. The average molecular weight is 98.2 g/mol.